The van der Waals surface area contributed by atoms with Crippen molar-refractivity contribution in [3.8, 4) is 0 Å². The van der Waals surface area contributed by atoms with Crippen molar-refractivity contribution in [2.75, 3.05) is 6.61 Å². The van der Waals surface area contributed by atoms with Gasteiger partial charge in [-0.25, -0.2) is 18.3 Å². The lowest BCUT2D eigenvalue weighted by Gasteiger charge is -2.33. The molecule has 0 saturated heterocycles. The fraction of sp³-hybridized carbons (Fsp3) is 0.607. The summed E-state index contributed by atoms with van der Waals surface area (Å²) in [5.74, 6) is -3.40. The zero-order valence-corrected chi connectivity index (χ0v) is 23.6. The van der Waals surface area contributed by atoms with Crippen LogP contribution in [-0.2, 0) is 16.1 Å². The molecule has 0 aromatic carbocycles. The molecule has 15 heteroatoms. The van der Waals surface area contributed by atoms with Crippen LogP contribution < -0.4 is 10.6 Å². The zero-order valence-electron chi connectivity index (χ0n) is 23.6. The van der Waals surface area contributed by atoms with Crippen LogP contribution >= 0.6 is 0 Å². The smallest absolute Gasteiger partial charge is 0.349 e. The monoisotopic (exact) mass is 611 g/mol. The van der Waals surface area contributed by atoms with E-state index in [-0.39, 0.29) is 55.7 Å². The highest BCUT2D eigenvalue weighted by molar-refractivity contribution is 5.94. The Labute approximate surface area is 244 Å². The SMILES string of the molecule is CCCC(=O)N[C@@H](c1cnn2cc([C@@H](NC(=O)c3cnn(CCOC(F)(F)F)c3)C3CCC(F)(F)CC3)nc2c1)C1CC1. The number of imidazole rings is 1. The van der Waals surface area contributed by atoms with E-state index in [1.54, 1.807) is 16.9 Å². The van der Waals surface area contributed by atoms with Crippen LogP contribution in [0.25, 0.3) is 5.65 Å². The lowest BCUT2D eigenvalue weighted by atomic mass is 9.81. The number of nitrogens with one attached hydrogen (secondary N) is 2. The number of aromatic nitrogens is 5. The molecule has 0 spiro atoms. The second kappa shape index (κ2) is 12.5. The Morgan fingerprint density at radius 1 is 1.05 bits per heavy atom. The fourth-order valence-corrected chi connectivity index (χ4v) is 5.52. The van der Waals surface area contributed by atoms with Crippen LogP contribution in [0.1, 0.15) is 92.0 Å². The summed E-state index contributed by atoms with van der Waals surface area (Å²) in [5, 5.41) is 14.4. The molecule has 234 valence electrons. The van der Waals surface area contributed by atoms with E-state index >= 15 is 0 Å². The first kappa shape index (κ1) is 30.8. The minimum absolute atomic E-state index is 0.0311. The fourth-order valence-electron chi connectivity index (χ4n) is 5.52. The zero-order chi connectivity index (χ0) is 30.8. The number of hydrogen-bond donors (Lipinski definition) is 2. The van der Waals surface area contributed by atoms with Crippen molar-refractivity contribution in [1.82, 2.24) is 35.0 Å². The second-order valence-electron chi connectivity index (χ2n) is 11.3. The van der Waals surface area contributed by atoms with Crippen molar-refractivity contribution in [2.24, 2.45) is 11.8 Å². The molecule has 2 aliphatic rings. The van der Waals surface area contributed by atoms with Gasteiger partial charge in [-0.15, -0.1) is 13.2 Å². The maximum Gasteiger partial charge on any atom is 0.522 e. The Bertz CT molecular complexity index is 1430. The molecule has 2 aliphatic carbocycles. The van der Waals surface area contributed by atoms with Gasteiger partial charge in [-0.3, -0.25) is 19.0 Å². The van der Waals surface area contributed by atoms with Crippen molar-refractivity contribution < 1.29 is 36.3 Å². The minimum atomic E-state index is -4.77. The van der Waals surface area contributed by atoms with Crippen molar-refractivity contribution in [3.63, 3.8) is 0 Å². The van der Waals surface area contributed by atoms with Crippen LogP contribution in [0.4, 0.5) is 22.0 Å². The van der Waals surface area contributed by atoms with Gasteiger partial charge in [0.15, 0.2) is 5.65 Å². The third kappa shape index (κ3) is 8.06. The highest BCUT2D eigenvalue weighted by Crippen LogP contribution is 2.42. The van der Waals surface area contributed by atoms with Gasteiger partial charge in [0.25, 0.3) is 5.91 Å². The van der Waals surface area contributed by atoms with Crippen LogP contribution in [0.15, 0.2) is 30.9 Å². The molecule has 2 atom stereocenters. The Morgan fingerprint density at radius 3 is 2.44 bits per heavy atom. The number of halogens is 5. The molecule has 3 heterocycles. The number of alkyl halides is 5. The van der Waals surface area contributed by atoms with E-state index in [4.69, 9.17) is 4.98 Å². The number of nitrogens with zero attached hydrogens (tertiary/aromatic N) is 5. The van der Waals surface area contributed by atoms with Gasteiger partial charge in [0, 0.05) is 25.5 Å². The van der Waals surface area contributed by atoms with Gasteiger partial charge in [-0.1, -0.05) is 6.92 Å². The van der Waals surface area contributed by atoms with Gasteiger partial charge >= 0.3 is 6.36 Å². The van der Waals surface area contributed by atoms with Gasteiger partial charge < -0.3 is 10.6 Å². The Morgan fingerprint density at radius 2 is 1.77 bits per heavy atom. The molecule has 3 aromatic heterocycles. The predicted molar refractivity (Wildman–Crippen MR) is 143 cm³/mol. The van der Waals surface area contributed by atoms with Crippen molar-refractivity contribution in [2.45, 2.75) is 89.2 Å². The molecule has 2 saturated carbocycles. The van der Waals surface area contributed by atoms with Gasteiger partial charge in [0.05, 0.1) is 55.1 Å². The largest absolute Gasteiger partial charge is 0.522 e. The van der Waals surface area contributed by atoms with E-state index < -0.39 is 30.8 Å². The van der Waals surface area contributed by atoms with E-state index in [2.05, 4.69) is 25.6 Å². The maximum atomic E-state index is 14.0. The van der Waals surface area contributed by atoms with Crippen LogP contribution in [0, 0.1) is 11.8 Å². The molecule has 3 aromatic rings. The number of hydrogen-bond acceptors (Lipinski definition) is 6. The van der Waals surface area contributed by atoms with Gasteiger partial charge in [-0.05, 0) is 55.6 Å². The van der Waals surface area contributed by atoms with Crippen molar-refractivity contribution in [1.29, 1.82) is 0 Å². The van der Waals surface area contributed by atoms with E-state index in [0.717, 1.165) is 29.5 Å². The Hall–Kier alpha value is -3.62. The van der Waals surface area contributed by atoms with Crippen LogP contribution in [-0.4, -0.2) is 55.1 Å². The molecule has 0 bridgehead atoms. The second-order valence-corrected chi connectivity index (χ2v) is 11.3. The average molecular weight is 612 g/mol. The average Bonchev–Trinajstić information content (AvgIpc) is 3.51. The Balaban J connectivity index is 1.36. The number of carbonyl (C=O) groups is 2. The number of amides is 2. The van der Waals surface area contributed by atoms with E-state index in [1.165, 1.54) is 12.4 Å². The lowest BCUT2D eigenvalue weighted by molar-refractivity contribution is -0.325. The molecular formula is C28H34F5N7O3. The first-order valence-corrected chi connectivity index (χ1v) is 14.5. The first-order chi connectivity index (χ1) is 20.4. The van der Waals surface area contributed by atoms with Gasteiger partial charge in [-0.2, -0.15) is 10.2 Å². The molecule has 0 aliphatic heterocycles. The lowest BCUT2D eigenvalue weighted by Crippen LogP contribution is -2.37. The standard InChI is InChI=1S/C28H34F5N7O3/c1-2-3-23(41)37-24(17-4-5-17)19-12-22-36-21(16-40(22)35-13-19)25(18-6-8-27(29,30)9-7-18)38-26(42)20-14-34-39(15-20)10-11-43-28(31,32)33/h12-18,24-25H,2-11H2,1H3,(H,37,41)(H,38,42)/t24-,25+/m1/s1. The summed E-state index contributed by atoms with van der Waals surface area (Å²) in [6, 6.07) is 0.923. The van der Waals surface area contributed by atoms with Crippen LogP contribution in [0.3, 0.4) is 0 Å². The summed E-state index contributed by atoms with van der Waals surface area (Å²) in [6.45, 7) is 1.04. The van der Waals surface area contributed by atoms with E-state index in [9.17, 15) is 31.5 Å². The summed E-state index contributed by atoms with van der Waals surface area (Å²) >= 11 is 0. The quantitative estimate of drug-likeness (QED) is 0.275. The molecule has 5 rings (SSSR count). The normalized spacial score (nSPS) is 18.8. The molecule has 2 amide bonds. The maximum absolute atomic E-state index is 14.0. The molecule has 0 radical (unpaired) electrons. The molecule has 0 unspecified atom stereocenters. The van der Waals surface area contributed by atoms with E-state index in [0.29, 0.717) is 23.7 Å². The first-order valence-electron chi connectivity index (χ1n) is 14.5. The van der Waals surface area contributed by atoms with Crippen molar-refractivity contribution in [3.05, 3.63) is 47.7 Å². The summed E-state index contributed by atoms with van der Waals surface area (Å²) in [6.07, 6.45) is 3.89. The highest BCUT2D eigenvalue weighted by Gasteiger charge is 2.40. The molecular weight excluding hydrogens is 577 g/mol. The number of rotatable bonds is 12. The summed E-state index contributed by atoms with van der Waals surface area (Å²) in [5.41, 5.74) is 1.84. The highest BCUT2D eigenvalue weighted by atomic mass is 19.4. The van der Waals surface area contributed by atoms with Gasteiger partial charge in [0.1, 0.15) is 0 Å². The minimum Gasteiger partial charge on any atom is -0.349 e. The van der Waals surface area contributed by atoms with E-state index in [1.807, 2.05) is 13.0 Å². The number of carbonyl (C=O) groups excluding carboxylic acids is 2. The summed E-state index contributed by atoms with van der Waals surface area (Å²) in [7, 11) is 0. The van der Waals surface area contributed by atoms with Crippen LogP contribution in [0.5, 0.6) is 0 Å². The molecule has 2 fully saturated rings. The molecule has 2 N–H and O–H groups in total. The third-order valence-corrected chi connectivity index (χ3v) is 7.93. The predicted octanol–water partition coefficient (Wildman–Crippen LogP) is 5.13. The molecule has 43 heavy (non-hydrogen) atoms. The third-order valence-electron chi connectivity index (χ3n) is 7.93. The number of fused-ring (bicyclic) bond motifs is 1. The van der Waals surface area contributed by atoms with Gasteiger partial charge in [0.2, 0.25) is 11.8 Å². The number of ether oxygens (including phenoxy) is 1. The summed E-state index contributed by atoms with van der Waals surface area (Å²) in [4.78, 5) is 30.3. The van der Waals surface area contributed by atoms with Crippen molar-refractivity contribution >= 4 is 17.5 Å². The van der Waals surface area contributed by atoms with Crippen LogP contribution in [0.2, 0.25) is 0 Å². The topological polar surface area (TPSA) is 115 Å². The molecule has 10 nitrogen and oxygen atoms in total. The summed E-state index contributed by atoms with van der Waals surface area (Å²) < 4.78 is 71.3. The Kier molecular flexibility index (Phi) is 8.99.